The van der Waals surface area contributed by atoms with Crippen molar-refractivity contribution in [3.63, 3.8) is 0 Å². The normalized spacial score (nSPS) is 11.8. The van der Waals surface area contributed by atoms with Crippen LogP contribution in [0.15, 0.2) is 32.9 Å². The second-order valence-corrected chi connectivity index (χ2v) is 8.10. The fourth-order valence-corrected chi connectivity index (χ4v) is 4.77. The molecule has 4 nitrogen and oxygen atoms in total. The second-order valence-electron chi connectivity index (χ2n) is 4.48. The lowest BCUT2D eigenvalue weighted by molar-refractivity contribution is 0.581. The van der Waals surface area contributed by atoms with Gasteiger partial charge in [-0.3, -0.25) is 0 Å². The minimum Gasteiger partial charge on any atom is -0.398 e. The average molecular weight is 375 g/mol. The number of anilines is 1. The first kappa shape index (κ1) is 15.5. The largest absolute Gasteiger partial charge is 0.398 e. The van der Waals surface area contributed by atoms with Crippen LogP contribution in [0.5, 0.6) is 0 Å². The molecule has 0 aliphatic heterocycles. The highest BCUT2D eigenvalue weighted by Gasteiger charge is 2.21. The molecule has 0 spiro atoms. The van der Waals surface area contributed by atoms with Crippen LogP contribution in [0.4, 0.5) is 5.69 Å². The zero-order chi connectivity index (χ0) is 14.9. The number of nitrogen functional groups attached to an aromatic ring is 1. The zero-order valence-electron chi connectivity index (χ0n) is 11.1. The zero-order valence-corrected chi connectivity index (χ0v) is 14.3. The maximum absolute atomic E-state index is 12.4. The van der Waals surface area contributed by atoms with E-state index in [1.165, 1.54) is 11.3 Å². The van der Waals surface area contributed by atoms with Crippen LogP contribution in [0.25, 0.3) is 0 Å². The number of sulfonamides is 1. The molecule has 108 valence electrons. The summed E-state index contributed by atoms with van der Waals surface area (Å²) in [6.07, 6.45) is 0. The van der Waals surface area contributed by atoms with E-state index in [-0.39, 0.29) is 17.1 Å². The number of hydrogen-bond acceptors (Lipinski definition) is 4. The summed E-state index contributed by atoms with van der Waals surface area (Å²) in [6, 6.07) is 5.33. The average Bonchev–Trinajstić information content (AvgIpc) is 2.78. The second kappa shape index (κ2) is 5.85. The van der Waals surface area contributed by atoms with Gasteiger partial charge in [0, 0.05) is 21.3 Å². The Morgan fingerprint density at radius 1 is 1.35 bits per heavy atom. The first-order valence-corrected chi connectivity index (χ1v) is 9.05. The molecule has 0 unspecified atom stereocenters. The first-order chi connectivity index (χ1) is 9.31. The van der Waals surface area contributed by atoms with Crippen molar-refractivity contribution in [3.8, 4) is 0 Å². The molecule has 0 bridgehead atoms. The van der Waals surface area contributed by atoms with E-state index in [1.54, 1.807) is 13.0 Å². The molecule has 0 saturated carbocycles. The van der Waals surface area contributed by atoms with Gasteiger partial charge in [0.15, 0.2) is 0 Å². The van der Waals surface area contributed by atoms with Gasteiger partial charge in [-0.2, -0.15) is 0 Å². The number of aryl methyl sites for hydroxylation is 1. The molecule has 1 heterocycles. The Labute approximate surface area is 131 Å². The molecule has 1 aromatic heterocycles. The van der Waals surface area contributed by atoms with Gasteiger partial charge >= 0.3 is 0 Å². The molecule has 0 atom stereocenters. The third kappa shape index (κ3) is 3.22. The Bertz CT molecular complexity index is 739. The van der Waals surface area contributed by atoms with Gasteiger partial charge in [0.25, 0.3) is 0 Å². The SMILES string of the molecule is Cc1ccc(N)c(S(=O)(=O)NCc2cc(Br)cs2)c1C. The third-order valence-electron chi connectivity index (χ3n) is 3.03. The van der Waals surface area contributed by atoms with E-state index < -0.39 is 10.0 Å². The summed E-state index contributed by atoms with van der Waals surface area (Å²) in [5.74, 6) is 0. The van der Waals surface area contributed by atoms with Crippen LogP contribution in [0, 0.1) is 13.8 Å². The fourth-order valence-electron chi connectivity index (χ4n) is 1.85. The quantitative estimate of drug-likeness (QED) is 0.807. The van der Waals surface area contributed by atoms with Crippen molar-refractivity contribution in [3.05, 3.63) is 44.1 Å². The maximum atomic E-state index is 12.4. The highest BCUT2D eigenvalue weighted by atomic mass is 79.9. The predicted octanol–water partition coefficient (Wildman–Crippen LogP) is 3.19. The summed E-state index contributed by atoms with van der Waals surface area (Å²) in [6.45, 7) is 3.89. The molecule has 0 radical (unpaired) electrons. The van der Waals surface area contributed by atoms with Crippen LogP contribution in [0.3, 0.4) is 0 Å². The number of rotatable bonds is 4. The first-order valence-electron chi connectivity index (χ1n) is 5.89. The van der Waals surface area contributed by atoms with Crippen molar-refractivity contribution in [1.29, 1.82) is 0 Å². The standard InChI is InChI=1S/C13H15BrN2O2S2/c1-8-3-4-12(15)13(9(8)2)20(17,18)16-6-11-5-10(14)7-19-11/h3-5,7,16H,6,15H2,1-2H3. The molecule has 3 N–H and O–H groups in total. The minimum absolute atomic E-state index is 0.174. The lowest BCUT2D eigenvalue weighted by Gasteiger charge is -2.13. The fraction of sp³-hybridized carbons (Fsp3) is 0.231. The summed E-state index contributed by atoms with van der Waals surface area (Å²) in [4.78, 5) is 1.11. The van der Waals surface area contributed by atoms with Gasteiger partial charge in [-0.25, -0.2) is 13.1 Å². The number of nitrogens with one attached hydrogen (secondary N) is 1. The summed E-state index contributed by atoms with van der Waals surface area (Å²) in [5.41, 5.74) is 7.68. The monoisotopic (exact) mass is 374 g/mol. The number of benzene rings is 1. The van der Waals surface area contributed by atoms with Crippen LogP contribution in [0.1, 0.15) is 16.0 Å². The lowest BCUT2D eigenvalue weighted by Crippen LogP contribution is -2.25. The molecule has 0 aliphatic rings. The molecule has 20 heavy (non-hydrogen) atoms. The van der Waals surface area contributed by atoms with Crippen LogP contribution in [0.2, 0.25) is 0 Å². The van der Waals surface area contributed by atoms with E-state index in [0.717, 1.165) is 14.9 Å². The lowest BCUT2D eigenvalue weighted by atomic mass is 10.1. The van der Waals surface area contributed by atoms with Crippen molar-refractivity contribution in [1.82, 2.24) is 4.72 Å². The van der Waals surface area contributed by atoms with E-state index in [2.05, 4.69) is 20.7 Å². The van der Waals surface area contributed by atoms with Crippen molar-refractivity contribution in [2.24, 2.45) is 0 Å². The predicted molar refractivity (Wildman–Crippen MR) is 86.4 cm³/mol. The number of thiophene rings is 1. The van der Waals surface area contributed by atoms with Gasteiger partial charge in [-0.15, -0.1) is 11.3 Å². The molecule has 2 aromatic rings. The Morgan fingerprint density at radius 2 is 2.05 bits per heavy atom. The topological polar surface area (TPSA) is 72.2 Å². The Hall–Kier alpha value is -0.890. The van der Waals surface area contributed by atoms with Crippen LogP contribution >= 0.6 is 27.3 Å². The number of nitrogens with two attached hydrogens (primary N) is 1. The van der Waals surface area contributed by atoms with Crippen LogP contribution in [-0.2, 0) is 16.6 Å². The Morgan fingerprint density at radius 3 is 2.65 bits per heavy atom. The van der Waals surface area contributed by atoms with Gasteiger partial charge < -0.3 is 5.73 Å². The highest BCUT2D eigenvalue weighted by molar-refractivity contribution is 9.10. The van der Waals surface area contributed by atoms with E-state index in [4.69, 9.17) is 5.73 Å². The summed E-state index contributed by atoms with van der Waals surface area (Å²) in [5, 5.41) is 1.91. The number of hydrogen-bond donors (Lipinski definition) is 2. The van der Waals surface area contributed by atoms with E-state index in [1.807, 2.05) is 24.4 Å². The molecule has 0 amide bonds. The van der Waals surface area contributed by atoms with Gasteiger partial charge in [0.2, 0.25) is 10.0 Å². The molecular weight excluding hydrogens is 360 g/mol. The van der Waals surface area contributed by atoms with E-state index >= 15 is 0 Å². The van der Waals surface area contributed by atoms with E-state index in [9.17, 15) is 8.42 Å². The molecule has 0 fully saturated rings. The Kier molecular flexibility index (Phi) is 4.53. The molecular formula is C13H15BrN2O2S2. The summed E-state index contributed by atoms with van der Waals surface area (Å²) < 4.78 is 28.4. The van der Waals surface area contributed by atoms with Crippen molar-refractivity contribution < 1.29 is 8.42 Å². The van der Waals surface area contributed by atoms with Gasteiger partial charge in [-0.1, -0.05) is 6.07 Å². The smallest absolute Gasteiger partial charge is 0.243 e. The van der Waals surface area contributed by atoms with Gasteiger partial charge in [-0.05, 0) is 53.0 Å². The molecule has 7 heteroatoms. The third-order valence-corrected chi connectivity index (χ3v) is 6.34. The number of halogens is 1. The van der Waals surface area contributed by atoms with Crippen LogP contribution < -0.4 is 10.5 Å². The molecule has 0 aliphatic carbocycles. The molecule has 2 rings (SSSR count). The van der Waals surface area contributed by atoms with Crippen molar-refractivity contribution in [2.45, 2.75) is 25.3 Å². The molecule has 0 saturated heterocycles. The summed E-state index contributed by atoms with van der Waals surface area (Å²) >= 11 is 4.84. The van der Waals surface area contributed by atoms with Gasteiger partial charge in [0.05, 0.1) is 5.69 Å². The minimum atomic E-state index is -3.62. The van der Waals surface area contributed by atoms with Gasteiger partial charge in [0.1, 0.15) is 4.90 Å². The Balaban J connectivity index is 2.29. The molecule has 1 aromatic carbocycles. The van der Waals surface area contributed by atoms with Crippen LogP contribution in [-0.4, -0.2) is 8.42 Å². The van der Waals surface area contributed by atoms with Crippen molar-refractivity contribution in [2.75, 3.05) is 5.73 Å². The van der Waals surface area contributed by atoms with Crippen molar-refractivity contribution >= 4 is 43.0 Å². The maximum Gasteiger partial charge on any atom is 0.243 e. The van der Waals surface area contributed by atoms with E-state index in [0.29, 0.717) is 5.56 Å². The summed E-state index contributed by atoms with van der Waals surface area (Å²) in [7, 11) is -3.62. The highest BCUT2D eigenvalue weighted by Crippen LogP contribution is 2.26.